The van der Waals surface area contributed by atoms with Crippen LogP contribution >= 0.6 is 31.9 Å². The molecule has 4 nitrogen and oxygen atoms in total. The topological polar surface area (TPSA) is 36.9 Å². The van der Waals surface area contributed by atoms with Gasteiger partial charge in [0.15, 0.2) is 0 Å². The van der Waals surface area contributed by atoms with Crippen molar-refractivity contribution in [3.63, 3.8) is 0 Å². The van der Waals surface area contributed by atoms with Gasteiger partial charge in [-0.15, -0.1) is 0 Å². The van der Waals surface area contributed by atoms with E-state index in [1.807, 2.05) is 36.4 Å². The lowest BCUT2D eigenvalue weighted by Gasteiger charge is -2.21. The molecule has 1 heterocycles. The second kappa shape index (κ2) is 13.4. The minimum atomic E-state index is 0.428. The van der Waals surface area contributed by atoms with E-state index in [9.17, 15) is 0 Å². The summed E-state index contributed by atoms with van der Waals surface area (Å²) in [6, 6.07) is 45.5. The molecule has 7 aromatic rings. The molecule has 6 heteroatoms. The first kappa shape index (κ1) is 30.5. The molecule has 2 bridgehead atoms. The highest BCUT2D eigenvalue weighted by molar-refractivity contribution is 9.11. The Kier molecular flexibility index (Phi) is 8.52. The predicted octanol–water partition coefficient (Wildman–Crippen LogP) is 11.8. The molecule has 0 N–H and O–H groups in total. The summed E-state index contributed by atoms with van der Waals surface area (Å²) in [5.74, 6) is 3.02. The van der Waals surface area contributed by atoms with Gasteiger partial charge in [0.05, 0.1) is 8.95 Å². The Balaban J connectivity index is 1.33. The van der Waals surface area contributed by atoms with Crippen molar-refractivity contribution in [3.8, 4) is 34.1 Å². The van der Waals surface area contributed by atoms with E-state index in [2.05, 4.69) is 129 Å². The molecule has 0 unspecified atom stereocenters. The van der Waals surface area contributed by atoms with Gasteiger partial charge in [-0.1, -0.05) is 91.0 Å². The van der Waals surface area contributed by atoms with E-state index < -0.39 is 0 Å². The maximum absolute atomic E-state index is 6.68. The molecule has 0 aliphatic carbocycles. The number of hydrogen-bond acceptors (Lipinski definition) is 4. The number of rotatable bonds is 6. The van der Waals surface area contributed by atoms with Gasteiger partial charge >= 0.3 is 0 Å². The van der Waals surface area contributed by atoms with Crippen molar-refractivity contribution in [3.05, 3.63) is 165 Å². The molecule has 0 spiro atoms. The molecule has 0 radical (unpaired) electrons. The second-order valence-electron chi connectivity index (χ2n) is 11.8. The Labute approximate surface area is 296 Å². The van der Waals surface area contributed by atoms with Gasteiger partial charge in [-0.05, 0) is 118 Å². The van der Waals surface area contributed by atoms with Gasteiger partial charge < -0.3 is 18.9 Å². The first-order valence-electron chi connectivity index (χ1n) is 15.8. The Bertz CT molecular complexity index is 2110. The number of hydrogen-bond donors (Lipinski definition) is 0. The zero-order valence-electron chi connectivity index (χ0n) is 25.9. The van der Waals surface area contributed by atoms with E-state index in [1.165, 1.54) is 0 Å². The van der Waals surface area contributed by atoms with Crippen molar-refractivity contribution in [2.24, 2.45) is 0 Å². The fourth-order valence-corrected chi connectivity index (χ4v) is 7.14. The van der Waals surface area contributed by atoms with Crippen molar-refractivity contribution in [2.75, 3.05) is 0 Å². The highest BCUT2D eigenvalue weighted by Gasteiger charge is 2.23. The van der Waals surface area contributed by atoms with Gasteiger partial charge in [-0.2, -0.15) is 0 Å². The van der Waals surface area contributed by atoms with Crippen LogP contribution in [0, 0.1) is 0 Å². The van der Waals surface area contributed by atoms with Crippen LogP contribution in [-0.4, -0.2) is 0 Å². The molecule has 7 aromatic carbocycles. The Morgan fingerprint density at radius 2 is 0.938 bits per heavy atom. The molecule has 0 amide bonds. The summed E-state index contributed by atoms with van der Waals surface area (Å²) in [5, 5.41) is 4.09. The maximum atomic E-state index is 6.68. The molecule has 8 rings (SSSR count). The summed E-state index contributed by atoms with van der Waals surface area (Å²) in [4.78, 5) is 0. The monoisotopic (exact) mass is 756 g/mol. The maximum Gasteiger partial charge on any atom is 0.134 e. The summed E-state index contributed by atoms with van der Waals surface area (Å²) in [5.41, 5.74) is 6.25. The van der Waals surface area contributed by atoms with Crippen molar-refractivity contribution < 1.29 is 18.9 Å². The molecule has 1 aliphatic heterocycles. The third kappa shape index (κ3) is 6.26. The van der Waals surface area contributed by atoms with Gasteiger partial charge in [-0.25, -0.2) is 0 Å². The fraction of sp³-hybridized carbons (Fsp3) is 0.0952. The van der Waals surface area contributed by atoms with E-state index >= 15 is 0 Å². The Morgan fingerprint density at radius 1 is 0.479 bits per heavy atom. The molecule has 0 saturated heterocycles. The molecule has 0 atom stereocenters. The average Bonchev–Trinajstić information content (AvgIpc) is 3.14. The quantitative estimate of drug-likeness (QED) is 0.169. The van der Waals surface area contributed by atoms with Crippen LogP contribution < -0.4 is 18.9 Å². The first-order valence-corrected chi connectivity index (χ1v) is 17.4. The minimum Gasteiger partial charge on any atom is -0.488 e. The van der Waals surface area contributed by atoms with Crippen LogP contribution in [0.5, 0.6) is 23.0 Å². The van der Waals surface area contributed by atoms with Crippen molar-refractivity contribution in [1.29, 1.82) is 0 Å². The standard InChI is InChI=1S/C42H30Br2O4/c43-35-19-31-14-16-37-41(33(31)21-39(35)47-23-27-8-3-1-4-9-27)42-34-22-40(48-24-28-10-5-2-6-11-28)36(44)20-32(34)15-17-38(42)46-26-30-13-7-12-29(18-30)25-45-37/h1-22H,23-26H2. The summed E-state index contributed by atoms with van der Waals surface area (Å²) >= 11 is 7.56. The SMILES string of the molecule is Brc1cc2ccc3c(c2cc1OCc1ccccc1)-c1c(ccc2cc(Br)c(OCc4ccccc4)cc12)OCc1cccc(c1)CO3. The largest absolute Gasteiger partial charge is 0.488 e. The van der Waals surface area contributed by atoms with Crippen molar-refractivity contribution >= 4 is 53.4 Å². The number of ether oxygens (including phenoxy) is 4. The van der Waals surface area contributed by atoms with Crippen LogP contribution in [-0.2, 0) is 26.4 Å². The predicted molar refractivity (Wildman–Crippen MR) is 199 cm³/mol. The summed E-state index contributed by atoms with van der Waals surface area (Å²) in [6.45, 7) is 1.75. The van der Waals surface area contributed by atoms with Crippen LogP contribution in [0.4, 0.5) is 0 Å². The van der Waals surface area contributed by atoms with E-state index in [4.69, 9.17) is 18.9 Å². The van der Waals surface area contributed by atoms with Crippen LogP contribution in [0.2, 0.25) is 0 Å². The van der Waals surface area contributed by atoms with Crippen LogP contribution in [0.25, 0.3) is 32.7 Å². The normalized spacial score (nSPS) is 12.3. The third-order valence-corrected chi connectivity index (χ3v) is 9.81. The van der Waals surface area contributed by atoms with E-state index in [0.717, 1.165) is 86.9 Å². The van der Waals surface area contributed by atoms with Crippen molar-refractivity contribution in [2.45, 2.75) is 26.4 Å². The van der Waals surface area contributed by atoms with Crippen molar-refractivity contribution in [1.82, 2.24) is 0 Å². The number of halogens is 2. The Hall–Kier alpha value is -4.78. The lowest BCUT2D eigenvalue weighted by atomic mass is 9.92. The zero-order valence-corrected chi connectivity index (χ0v) is 29.1. The zero-order chi connectivity index (χ0) is 32.5. The minimum absolute atomic E-state index is 0.428. The Morgan fingerprint density at radius 3 is 1.40 bits per heavy atom. The van der Waals surface area contributed by atoms with Gasteiger partial charge in [0.1, 0.15) is 49.4 Å². The fourth-order valence-electron chi connectivity index (χ4n) is 6.19. The summed E-state index contributed by atoms with van der Waals surface area (Å²) in [7, 11) is 0. The summed E-state index contributed by atoms with van der Waals surface area (Å²) in [6.07, 6.45) is 0. The van der Waals surface area contributed by atoms with Gasteiger partial charge in [0.25, 0.3) is 0 Å². The third-order valence-electron chi connectivity index (χ3n) is 8.57. The first-order chi connectivity index (χ1) is 23.6. The lowest BCUT2D eigenvalue weighted by Crippen LogP contribution is -2.00. The second-order valence-corrected chi connectivity index (χ2v) is 13.5. The number of fused-ring (bicyclic) bond motifs is 9. The summed E-state index contributed by atoms with van der Waals surface area (Å²) < 4.78 is 28.0. The highest BCUT2D eigenvalue weighted by atomic mass is 79.9. The molecule has 0 aromatic heterocycles. The molecule has 236 valence electrons. The molecule has 48 heavy (non-hydrogen) atoms. The van der Waals surface area contributed by atoms with E-state index in [0.29, 0.717) is 26.4 Å². The lowest BCUT2D eigenvalue weighted by molar-refractivity contribution is 0.304. The van der Waals surface area contributed by atoms with E-state index in [1.54, 1.807) is 0 Å². The van der Waals surface area contributed by atoms with Gasteiger partial charge in [0, 0.05) is 11.1 Å². The smallest absolute Gasteiger partial charge is 0.134 e. The van der Waals surface area contributed by atoms with E-state index in [-0.39, 0.29) is 0 Å². The number of benzene rings is 7. The molecule has 0 saturated carbocycles. The van der Waals surface area contributed by atoms with Gasteiger partial charge in [-0.3, -0.25) is 0 Å². The van der Waals surface area contributed by atoms with Crippen LogP contribution in [0.1, 0.15) is 22.3 Å². The molecular formula is C42H30Br2O4. The molecule has 1 aliphatic rings. The average molecular weight is 759 g/mol. The van der Waals surface area contributed by atoms with Crippen LogP contribution in [0.3, 0.4) is 0 Å². The molecular weight excluding hydrogens is 728 g/mol. The highest BCUT2D eigenvalue weighted by Crippen LogP contribution is 2.49. The molecule has 0 fully saturated rings. The van der Waals surface area contributed by atoms with Crippen LogP contribution in [0.15, 0.2) is 142 Å². The van der Waals surface area contributed by atoms with Gasteiger partial charge in [0.2, 0.25) is 0 Å².